The van der Waals surface area contributed by atoms with Crippen molar-refractivity contribution in [2.24, 2.45) is 0 Å². The molecular weight excluding hydrogens is 376 g/mol. The van der Waals surface area contributed by atoms with Gasteiger partial charge in [-0.15, -0.1) is 5.06 Å². The Morgan fingerprint density at radius 2 is 1.86 bits per heavy atom. The van der Waals surface area contributed by atoms with Crippen LogP contribution in [0.4, 0.5) is 4.79 Å². The molecule has 0 atom stereocenters. The number of hydroxylamine groups is 2. The third-order valence-corrected chi connectivity index (χ3v) is 4.07. The van der Waals surface area contributed by atoms with Crippen molar-refractivity contribution < 1.29 is 23.8 Å². The number of aromatic nitrogens is 3. The summed E-state index contributed by atoms with van der Waals surface area (Å²) in [5.74, 6) is 1.45. The largest absolute Gasteiger partial charge is 0.528 e. The Morgan fingerprint density at radius 3 is 2.55 bits per heavy atom. The average Bonchev–Trinajstić information content (AvgIpc) is 2.64. The maximum atomic E-state index is 11.8. The average molecular weight is 402 g/mol. The minimum absolute atomic E-state index is 0.0450. The van der Waals surface area contributed by atoms with Crippen molar-refractivity contribution in [3.05, 3.63) is 36.4 Å². The Labute approximate surface area is 169 Å². The van der Waals surface area contributed by atoms with E-state index in [1.54, 1.807) is 44.2 Å². The van der Waals surface area contributed by atoms with Gasteiger partial charge in [0, 0.05) is 32.1 Å². The van der Waals surface area contributed by atoms with Crippen molar-refractivity contribution >= 4 is 6.16 Å². The lowest BCUT2D eigenvalue weighted by atomic mass is 10.1. The molecule has 1 saturated heterocycles. The molecule has 0 radical (unpaired) electrons. The number of aryl methyl sites for hydroxylation is 1. The van der Waals surface area contributed by atoms with Crippen molar-refractivity contribution in [2.45, 2.75) is 52.2 Å². The zero-order chi connectivity index (χ0) is 20.9. The van der Waals surface area contributed by atoms with Crippen LogP contribution in [0, 0.1) is 6.92 Å². The summed E-state index contributed by atoms with van der Waals surface area (Å²) in [6.45, 7) is 8.35. The summed E-state index contributed by atoms with van der Waals surface area (Å²) in [6, 6.07) is 5.27. The van der Waals surface area contributed by atoms with Crippen LogP contribution in [0.2, 0.25) is 0 Å². The highest BCUT2D eigenvalue weighted by Crippen LogP contribution is 2.25. The monoisotopic (exact) mass is 402 g/mol. The number of pyridine rings is 1. The van der Waals surface area contributed by atoms with E-state index in [0.29, 0.717) is 43.4 Å². The zero-order valence-corrected chi connectivity index (χ0v) is 17.1. The van der Waals surface area contributed by atoms with Crippen molar-refractivity contribution in [3.63, 3.8) is 0 Å². The SMILES string of the molecule is Cc1ncccc1Oc1cc(OC2CCN(OC(=O)OC(C)(C)C)CC2)ncn1. The van der Waals surface area contributed by atoms with Gasteiger partial charge in [-0.2, -0.15) is 0 Å². The standard InChI is InChI=1S/C20H26N4O5/c1-14-16(6-5-9-21-14)27-18-12-17(22-13-23-18)26-15-7-10-24(11-8-15)29-19(25)28-20(2,3)4/h5-6,9,12-13,15H,7-8,10-11H2,1-4H3. The quantitative estimate of drug-likeness (QED) is 0.694. The molecule has 3 heterocycles. The van der Waals surface area contributed by atoms with Crippen LogP contribution in [-0.4, -0.2) is 51.0 Å². The van der Waals surface area contributed by atoms with Gasteiger partial charge >= 0.3 is 6.16 Å². The molecule has 0 aromatic carbocycles. The van der Waals surface area contributed by atoms with Crippen LogP contribution in [0.5, 0.6) is 17.5 Å². The maximum absolute atomic E-state index is 11.8. The van der Waals surface area contributed by atoms with Crippen molar-refractivity contribution in [3.8, 4) is 17.5 Å². The molecule has 0 amide bonds. The van der Waals surface area contributed by atoms with Gasteiger partial charge in [-0.05, 0) is 39.8 Å². The Morgan fingerprint density at radius 1 is 1.14 bits per heavy atom. The fraction of sp³-hybridized carbons (Fsp3) is 0.500. The molecule has 0 spiro atoms. The van der Waals surface area contributed by atoms with Crippen LogP contribution < -0.4 is 9.47 Å². The summed E-state index contributed by atoms with van der Waals surface area (Å²) in [4.78, 5) is 29.5. The highest BCUT2D eigenvalue weighted by atomic mass is 16.8. The molecule has 2 aromatic rings. The Kier molecular flexibility index (Phi) is 6.48. The molecule has 156 valence electrons. The normalized spacial score (nSPS) is 15.6. The summed E-state index contributed by atoms with van der Waals surface area (Å²) in [7, 11) is 0. The molecule has 0 saturated carbocycles. The Balaban J connectivity index is 1.49. The molecule has 9 nitrogen and oxygen atoms in total. The molecule has 0 bridgehead atoms. The van der Waals surface area contributed by atoms with E-state index in [0.717, 1.165) is 5.69 Å². The van der Waals surface area contributed by atoms with Crippen LogP contribution >= 0.6 is 0 Å². The molecule has 0 aliphatic carbocycles. The van der Waals surface area contributed by atoms with Gasteiger partial charge < -0.3 is 19.0 Å². The van der Waals surface area contributed by atoms with E-state index >= 15 is 0 Å². The molecular formula is C20H26N4O5. The number of nitrogens with zero attached hydrogens (tertiary/aromatic N) is 4. The first-order valence-electron chi connectivity index (χ1n) is 9.52. The lowest BCUT2D eigenvalue weighted by molar-refractivity contribution is -0.159. The summed E-state index contributed by atoms with van der Waals surface area (Å²) in [6.07, 6.45) is 3.74. The van der Waals surface area contributed by atoms with Crippen LogP contribution in [0.3, 0.4) is 0 Å². The number of carbonyl (C=O) groups excluding carboxylic acids is 1. The van der Waals surface area contributed by atoms with Crippen LogP contribution in [-0.2, 0) is 9.57 Å². The van der Waals surface area contributed by atoms with Gasteiger partial charge in [-0.1, -0.05) is 0 Å². The number of carbonyl (C=O) groups is 1. The predicted molar refractivity (Wildman–Crippen MR) is 104 cm³/mol. The Bertz CT molecular complexity index is 832. The van der Waals surface area contributed by atoms with E-state index in [-0.39, 0.29) is 6.10 Å². The highest BCUT2D eigenvalue weighted by molar-refractivity contribution is 5.60. The van der Waals surface area contributed by atoms with Gasteiger partial charge in [-0.25, -0.2) is 14.8 Å². The zero-order valence-electron chi connectivity index (χ0n) is 17.1. The van der Waals surface area contributed by atoms with Gasteiger partial charge in [0.15, 0.2) is 5.75 Å². The van der Waals surface area contributed by atoms with Crippen LogP contribution in [0.15, 0.2) is 30.7 Å². The van der Waals surface area contributed by atoms with E-state index in [9.17, 15) is 4.79 Å². The molecule has 29 heavy (non-hydrogen) atoms. The van der Waals surface area contributed by atoms with Gasteiger partial charge in [0.1, 0.15) is 18.0 Å². The molecule has 0 N–H and O–H groups in total. The smallest absolute Gasteiger partial charge is 0.474 e. The number of hydrogen-bond donors (Lipinski definition) is 0. The number of rotatable bonds is 5. The molecule has 2 aromatic heterocycles. The first-order chi connectivity index (χ1) is 13.8. The summed E-state index contributed by atoms with van der Waals surface area (Å²) in [5.41, 5.74) is 0.186. The third kappa shape index (κ3) is 6.56. The van der Waals surface area contributed by atoms with E-state index in [2.05, 4.69) is 15.0 Å². The minimum Gasteiger partial charge on any atom is -0.474 e. The first kappa shape index (κ1) is 20.8. The lowest BCUT2D eigenvalue weighted by Gasteiger charge is -2.30. The maximum Gasteiger partial charge on any atom is 0.528 e. The number of ether oxygens (including phenoxy) is 3. The topological polar surface area (TPSA) is 95.9 Å². The second kappa shape index (κ2) is 9.04. The molecule has 9 heteroatoms. The molecule has 1 aliphatic rings. The molecule has 1 fully saturated rings. The van der Waals surface area contributed by atoms with Crippen LogP contribution in [0.1, 0.15) is 39.3 Å². The summed E-state index contributed by atoms with van der Waals surface area (Å²) < 4.78 is 16.9. The second-order valence-corrected chi connectivity index (χ2v) is 7.69. The van der Waals surface area contributed by atoms with Crippen molar-refractivity contribution in [1.82, 2.24) is 20.0 Å². The van der Waals surface area contributed by atoms with Gasteiger partial charge in [0.2, 0.25) is 11.8 Å². The van der Waals surface area contributed by atoms with Crippen molar-refractivity contribution in [1.29, 1.82) is 0 Å². The van der Waals surface area contributed by atoms with Crippen molar-refractivity contribution in [2.75, 3.05) is 13.1 Å². The molecule has 1 aliphatic heterocycles. The van der Waals surface area contributed by atoms with Gasteiger partial charge in [0.25, 0.3) is 0 Å². The van der Waals surface area contributed by atoms with Gasteiger partial charge in [-0.3, -0.25) is 4.98 Å². The first-order valence-corrected chi connectivity index (χ1v) is 9.52. The minimum atomic E-state index is -0.694. The van der Waals surface area contributed by atoms with Crippen LogP contribution in [0.25, 0.3) is 0 Å². The molecule has 3 rings (SSSR count). The Hall–Kier alpha value is -2.94. The summed E-state index contributed by atoms with van der Waals surface area (Å²) >= 11 is 0. The van der Waals surface area contributed by atoms with E-state index < -0.39 is 11.8 Å². The van der Waals surface area contributed by atoms with Gasteiger partial charge in [0.05, 0.1) is 11.8 Å². The number of piperidine rings is 1. The molecule has 0 unspecified atom stereocenters. The van der Waals surface area contributed by atoms with E-state index in [1.165, 1.54) is 6.33 Å². The van der Waals surface area contributed by atoms with E-state index in [1.807, 2.05) is 13.0 Å². The second-order valence-electron chi connectivity index (χ2n) is 7.69. The predicted octanol–water partition coefficient (Wildman–Crippen LogP) is 3.68. The van der Waals surface area contributed by atoms with E-state index in [4.69, 9.17) is 19.0 Å². The number of hydrogen-bond acceptors (Lipinski definition) is 9. The summed E-state index contributed by atoms with van der Waals surface area (Å²) in [5, 5.41) is 1.59. The fourth-order valence-corrected chi connectivity index (χ4v) is 2.72. The highest BCUT2D eigenvalue weighted by Gasteiger charge is 2.26. The lowest BCUT2D eigenvalue weighted by Crippen LogP contribution is -2.40. The third-order valence-electron chi connectivity index (χ3n) is 4.07. The fourth-order valence-electron chi connectivity index (χ4n) is 2.72.